The van der Waals surface area contributed by atoms with Crippen LogP contribution in [0.1, 0.15) is 38.6 Å². The Morgan fingerprint density at radius 2 is 2.31 bits per heavy atom. The lowest BCUT2D eigenvalue weighted by Crippen LogP contribution is -2.38. The van der Waals surface area contributed by atoms with Crippen LogP contribution in [0.15, 0.2) is 0 Å². The number of rotatable bonds is 2. The molecule has 5 heteroatoms. The minimum absolute atomic E-state index is 0.521. The molecule has 1 aromatic heterocycles. The number of hydrogen-bond donors (Lipinski definition) is 1. The van der Waals surface area contributed by atoms with Gasteiger partial charge in [-0.25, -0.2) is 0 Å². The van der Waals surface area contributed by atoms with Crippen molar-refractivity contribution in [2.24, 2.45) is 0 Å². The van der Waals surface area contributed by atoms with Gasteiger partial charge in [-0.05, 0) is 39.0 Å². The number of aromatic nitrogens is 3. The summed E-state index contributed by atoms with van der Waals surface area (Å²) in [6, 6.07) is 1.15. The quantitative estimate of drug-likeness (QED) is 0.805. The van der Waals surface area contributed by atoms with E-state index in [9.17, 15) is 0 Å². The van der Waals surface area contributed by atoms with Crippen molar-refractivity contribution in [2.75, 3.05) is 13.6 Å². The summed E-state index contributed by atoms with van der Waals surface area (Å²) < 4.78 is 3.00. The molecule has 2 atom stereocenters. The highest BCUT2D eigenvalue weighted by Crippen LogP contribution is 2.27. The van der Waals surface area contributed by atoms with Gasteiger partial charge in [0.05, 0.1) is 0 Å². The van der Waals surface area contributed by atoms with E-state index in [1.54, 1.807) is 0 Å². The molecule has 1 aliphatic heterocycles. The lowest BCUT2D eigenvalue weighted by Gasteiger charge is -2.35. The minimum atomic E-state index is 0.521. The Hall–Kier alpha value is -0.680. The average Bonchev–Trinajstić information content (AvgIpc) is 2.64. The molecule has 1 saturated heterocycles. The number of aryl methyl sites for hydroxylation is 1. The van der Waals surface area contributed by atoms with E-state index in [1.165, 1.54) is 6.42 Å². The Balaban J connectivity index is 2.24. The van der Waals surface area contributed by atoms with E-state index in [-0.39, 0.29) is 0 Å². The number of nitrogens with one attached hydrogen (secondary N) is 1. The first-order valence-electron chi connectivity index (χ1n) is 5.99. The minimum Gasteiger partial charge on any atom is -0.304 e. The topological polar surface area (TPSA) is 36.9 Å². The fraction of sp³-hybridized carbons (Fsp3) is 0.818. The number of likely N-dealkylation sites (tertiary alicyclic amines) is 1. The van der Waals surface area contributed by atoms with Crippen LogP contribution in [0.25, 0.3) is 0 Å². The maximum absolute atomic E-state index is 5.32. The first-order chi connectivity index (χ1) is 7.63. The largest absolute Gasteiger partial charge is 0.304 e. The molecular weight excluding hydrogens is 220 g/mol. The van der Waals surface area contributed by atoms with Gasteiger partial charge in [-0.2, -0.15) is 5.10 Å². The van der Waals surface area contributed by atoms with E-state index in [1.807, 2.05) is 0 Å². The van der Waals surface area contributed by atoms with Crippen LogP contribution in [-0.4, -0.2) is 39.3 Å². The Morgan fingerprint density at radius 3 is 2.94 bits per heavy atom. The highest BCUT2D eigenvalue weighted by molar-refractivity contribution is 7.71. The molecule has 0 aromatic carbocycles. The van der Waals surface area contributed by atoms with Gasteiger partial charge in [-0.15, -0.1) is 0 Å². The molecule has 0 spiro atoms. The predicted molar refractivity (Wildman–Crippen MR) is 67.2 cm³/mol. The fourth-order valence-corrected chi connectivity index (χ4v) is 2.76. The van der Waals surface area contributed by atoms with Crippen molar-refractivity contribution in [1.29, 1.82) is 0 Å². The molecule has 1 N–H and O–H groups in total. The van der Waals surface area contributed by atoms with Crippen LogP contribution >= 0.6 is 12.2 Å². The number of nitrogens with zero attached hydrogens (tertiary/aromatic N) is 3. The van der Waals surface area contributed by atoms with E-state index in [4.69, 9.17) is 12.2 Å². The van der Waals surface area contributed by atoms with Gasteiger partial charge in [0.15, 0.2) is 4.77 Å². The highest BCUT2D eigenvalue weighted by atomic mass is 32.1. The molecule has 0 bridgehead atoms. The third-order valence-corrected chi connectivity index (χ3v) is 3.93. The zero-order valence-corrected chi connectivity index (χ0v) is 11.0. The van der Waals surface area contributed by atoms with E-state index >= 15 is 0 Å². The molecule has 16 heavy (non-hydrogen) atoms. The van der Waals surface area contributed by atoms with E-state index in [0.717, 1.165) is 30.0 Å². The number of piperidine rings is 1. The number of H-pyrrole nitrogens is 1. The normalized spacial score (nSPS) is 27.2. The molecule has 0 aliphatic carbocycles. The SMILES string of the molecule is CCc1n[nH]c(=S)n1C1CCN(C)C(C)C1. The Morgan fingerprint density at radius 1 is 1.56 bits per heavy atom. The van der Waals surface area contributed by atoms with Crippen LogP contribution in [-0.2, 0) is 6.42 Å². The second-order valence-corrected chi connectivity index (χ2v) is 5.06. The van der Waals surface area contributed by atoms with Gasteiger partial charge in [0, 0.05) is 25.0 Å². The summed E-state index contributed by atoms with van der Waals surface area (Å²) in [5, 5.41) is 7.20. The van der Waals surface area contributed by atoms with Gasteiger partial charge >= 0.3 is 0 Å². The van der Waals surface area contributed by atoms with Crippen molar-refractivity contribution < 1.29 is 0 Å². The summed E-state index contributed by atoms with van der Waals surface area (Å²) in [6.07, 6.45) is 3.27. The molecule has 2 rings (SSSR count). The van der Waals surface area contributed by atoms with Gasteiger partial charge < -0.3 is 9.47 Å². The monoisotopic (exact) mass is 240 g/mol. The molecule has 1 fully saturated rings. The molecule has 2 unspecified atom stereocenters. The van der Waals surface area contributed by atoms with Gasteiger partial charge in [0.1, 0.15) is 5.82 Å². The summed E-state index contributed by atoms with van der Waals surface area (Å²) >= 11 is 5.32. The van der Waals surface area contributed by atoms with Crippen molar-refractivity contribution in [3.63, 3.8) is 0 Å². The number of hydrogen-bond acceptors (Lipinski definition) is 3. The average molecular weight is 240 g/mol. The Labute approximate surface area is 102 Å². The van der Waals surface area contributed by atoms with Crippen LogP contribution in [0.4, 0.5) is 0 Å². The third-order valence-electron chi connectivity index (χ3n) is 3.64. The van der Waals surface area contributed by atoms with Crippen LogP contribution < -0.4 is 0 Å². The summed E-state index contributed by atoms with van der Waals surface area (Å²) in [6.45, 7) is 5.54. The first kappa shape index (κ1) is 11.8. The summed E-state index contributed by atoms with van der Waals surface area (Å²) in [7, 11) is 2.19. The van der Waals surface area contributed by atoms with Crippen molar-refractivity contribution in [1.82, 2.24) is 19.7 Å². The second-order valence-electron chi connectivity index (χ2n) is 4.68. The van der Waals surface area contributed by atoms with Crippen LogP contribution in [0.3, 0.4) is 0 Å². The number of aromatic amines is 1. The van der Waals surface area contributed by atoms with Gasteiger partial charge in [0.2, 0.25) is 0 Å². The first-order valence-corrected chi connectivity index (χ1v) is 6.40. The third kappa shape index (κ3) is 2.06. The van der Waals surface area contributed by atoms with Gasteiger partial charge in [-0.1, -0.05) is 6.92 Å². The molecule has 90 valence electrons. The van der Waals surface area contributed by atoms with Gasteiger partial charge in [0.25, 0.3) is 0 Å². The van der Waals surface area contributed by atoms with Gasteiger partial charge in [-0.3, -0.25) is 5.10 Å². The molecule has 0 amide bonds. The van der Waals surface area contributed by atoms with Crippen molar-refractivity contribution in [3.8, 4) is 0 Å². The second kappa shape index (κ2) is 4.67. The summed E-state index contributed by atoms with van der Waals surface area (Å²) in [5.74, 6) is 1.09. The standard InChI is InChI=1S/C11H20N4S/c1-4-10-12-13-11(16)15(10)9-5-6-14(3)8(2)7-9/h8-9H,4-7H2,1-3H3,(H,13,16). The van der Waals surface area contributed by atoms with E-state index < -0.39 is 0 Å². The highest BCUT2D eigenvalue weighted by Gasteiger charge is 2.25. The summed E-state index contributed by atoms with van der Waals surface area (Å²) in [4.78, 5) is 2.41. The lowest BCUT2D eigenvalue weighted by atomic mass is 9.98. The molecule has 1 aliphatic rings. The van der Waals surface area contributed by atoms with E-state index in [2.05, 4.69) is 40.6 Å². The maximum atomic E-state index is 5.32. The van der Waals surface area contributed by atoms with Crippen molar-refractivity contribution in [3.05, 3.63) is 10.6 Å². The van der Waals surface area contributed by atoms with Crippen LogP contribution in [0.2, 0.25) is 0 Å². The van der Waals surface area contributed by atoms with E-state index in [0.29, 0.717) is 12.1 Å². The lowest BCUT2D eigenvalue weighted by molar-refractivity contribution is 0.154. The molecule has 1 aromatic rings. The van der Waals surface area contributed by atoms with Crippen LogP contribution in [0, 0.1) is 4.77 Å². The van der Waals surface area contributed by atoms with Crippen molar-refractivity contribution in [2.45, 2.75) is 45.2 Å². The Kier molecular flexibility index (Phi) is 3.44. The summed E-state index contributed by atoms with van der Waals surface area (Å²) in [5.41, 5.74) is 0. The molecule has 0 saturated carbocycles. The Bertz CT molecular complexity index is 408. The van der Waals surface area contributed by atoms with Crippen molar-refractivity contribution >= 4 is 12.2 Å². The zero-order chi connectivity index (χ0) is 11.7. The zero-order valence-electron chi connectivity index (χ0n) is 10.2. The smallest absolute Gasteiger partial charge is 0.195 e. The fourth-order valence-electron chi connectivity index (χ4n) is 2.46. The maximum Gasteiger partial charge on any atom is 0.195 e. The van der Waals surface area contributed by atoms with Crippen LogP contribution in [0.5, 0.6) is 0 Å². The molecule has 2 heterocycles. The predicted octanol–water partition coefficient (Wildman–Crippen LogP) is 2.16. The molecule has 0 radical (unpaired) electrons. The molecular formula is C11H20N4S. The molecule has 4 nitrogen and oxygen atoms in total.